The summed E-state index contributed by atoms with van der Waals surface area (Å²) in [6, 6.07) is 0. The molecule has 0 rings (SSSR count). The van der Waals surface area contributed by atoms with Gasteiger partial charge in [0.1, 0.15) is 12.7 Å². The van der Waals surface area contributed by atoms with Gasteiger partial charge in [0.2, 0.25) is 0 Å². The van der Waals surface area contributed by atoms with Crippen LogP contribution >= 0.6 is 7.82 Å². The van der Waals surface area contributed by atoms with E-state index in [4.69, 9.17) is 23.3 Å². The van der Waals surface area contributed by atoms with E-state index in [0.29, 0.717) is 19.3 Å². The van der Waals surface area contributed by atoms with Crippen molar-refractivity contribution < 1.29 is 52.2 Å². The molecule has 0 aromatic rings. The fraction of sp³-hybridized carbons (Fsp3) is 0.817. The molecule has 0 aliphatic rings. The van der Waals surface area contributed by atoms with E-state index in [1.165, 1.54) is 128 Å². The molecule has 0 aromatic heterocycles. The molecule has 0 aliphatic carbocycles. The third-order valence-corrected chi connectivity index (χ3v) is 13.7. The highest BCUT2D eigenvalue weighted by Crippen LogP contribution is 2.43. The zero-order valence-electron chi connectivity index (χ0n) is 46.4. The molecule has 420 valence electrons. The van der Waals surface area contributed by atoms with Crippen LogP contribution in [0.4, 0.5) is 0 Å². The molecule has 0 fully saturated rings. The zero-order valence-corrected chi connectivity index (χ0v) is 47.3. The van der Waals surface area contributed by atoms with Crippen molar-refractivity contribution in [2.45, 2.75) is 290 Å². The van der Waals surface area contributed by atoms with Gasteiger partial charge in [-0.1, -0.05) is 230 Å². The van der Waals surface area contributed by atoms with Gasteiger partial charge in [-0.2, -0.15) is 0 Å². The molecule has 0 bridgehead atoms. The van der Waals surface area contributed by atoms with Crippen molar-refractivity contribution in [1.29, 1.82) is 0 Å². The first-order chi connectivity index (χ1) is 35.2. The number of phosphoric ester groups is 1. The number of aliphatic hydroxyl groups is 1. The molecule has 72 heavy (non-hydrogen) atoms. The summed E-state index contributed by atoms with van der Waals surface area (Å²) in [6.07, 6.45) is 57.9. The van der Waals surface area contributed by atoms with E-state index in [-0.39, 0.29) is 25.9 Å². The maximum atomic E-state index is 12.9. The Morgan fingerprint density at radius 2 is 0.722 bits per heavy atom. The number of allylic oxidation sites excluding steroid dienone is 8. The smallest absolute Gasteiger partial charge is 0.462 e. The molecule has 2 N–H and O–H groups in total. The highest BCUT2D eigenvalue weighted by Gasteiger charge is 2.28. The largest absolute Gasteiger partial charge is 0.472 e. The van der Waals surface area contributed by atoms with Crippen LogP contribution in [0.25, 0.3) is 0 Å². The number of carbonyl (C=O) groups is 3. The minimum absolute atomic E-state index is 0.165. The quantitative estimate of drug-likeness (QED) is 0.0197. The number of carbonyl (C=O) groups excluding carboxylic acids is 3. The molecular formula is C60H109O11P. The zero-order chi connectivity index (χ0) is 52.7. The van der Waals surface area contributed by atoms with Crippen LogP contribution < -0.4 is 0 Å². The molecular weight excluding hydrogens is 928 g/mol. The van der Waals surface area contributed by atoms with Gasteiger partial charge in [0, 0.05) is 19.3 Å². The van der Waals surface area contributed by atoms with E-state index in [9.17, 15) is 28.9 Å². The molecule has 12 heteroatoms. The van der Waals surface area contributed by atoms with Crippen LogP contribution in [0.5, 0.6) is 0 Å². The van der Waals surface area contributed by atoms with Gasteiger partial charge in [-0.25, -0.2) is 4.57 Å². The average Bonchev–Trinajstić information content (AvgIpc) is 3.37. The summed E-state index contributed by atoms with van der Waals surface area (Å²) in [4.78, 5) is 48.5. The van der Waals surface area contributed by atoms with Gasteiger partial charge in [0.25, 0.3) is 0 Å². The number of unbranched alkanes of at least 4 members (excludes halogenated alkanes) is 30. The standard InChI is InChI=1S/C60H109O11P/c1-4-7-10-13-16-19-21-23-25-27-28-30-32-34-36-39-42-45-48-51-60(64)71-57(53-67-58(62)49-46-43-40-38-35-33-31-29-26-24-22-20-17-14-11-8-5-2)55-69-72(65,66)68-54-56(52-61)70-59(63)50-47-44-41-37-18-15-12-9-6-3/h8,11,17,20,23-26,56-57,61H,4-7,9-10,12-16,18-19,21-22,27-55H2,1-3H3,(H,65,66)/b11-8-,20-17-,25-23-,26-24-. The van der Waals surface area contributed by atoms with Gasteiger partial charge in [-0.3, -0.25) is 23.4 Å². The lowest BCUT2D eigenvalue weighted by atomic mass is 10.1. The molecule has 3 unspecified atom stereocenters. The Labute approximate surface area is 441 Å². The molecule has 3 atom stereocenters. The highest BCUT2D eigenvalue weighted by atomic mass is 31.2. The normalized spacial score (nSPS) is 13.7. The fourth-order valence-electron chi connectivity index (χ4n) is 8.25. The highest BCUT2D eigenvalue weighted by molar-refractivity contribution is 7.47. The minimum atomic E-state index is -4.74. The summed E-state index contributed by atoms with van der Waals surface area (Å²) in [5, 5.41) is 9.78. The molecule has 0 aliphatic heterocycles. The Balaban J connectivity index is 4.69. The topological polar surface area (TPSA) is 155 Å². The van der Waals surface area contributed by atoms with Crippen LogP contribution in [0, 0.1) is 0 Å². The Bertz CT molecular complexity index is 1400. The Kier molecular flexibility index (Phi) is 52.7. The van der Waals surface area contributed by atoms with Gasteiger partial charge < -0.3 is 24.2 Å². The van der Waals surface area contributed by atoms with Gasteiger partial charge in [0.15, 0.2) is 6.10 Å². The Hall–Kier alpha value is -2.56. The predicted molar refractivity (Wildman–Crippen MR) is 298 cm³/mol. The monoisotopic (exact) mass is 1040 g/mol. The Morgan fingerprint density at radius 1 is 0.403 bits per heavy atom. The van der Waals surface area contributed by atoms with E-state index in [1.807, 2.05) is 0 Å². The number of ether oxygens (including phenoxy) is 3. The van der Waals surface area contributed by atoms with Crippen LogP contribution in [0.1, 0.15) is 278 Å². The van der Waals surface area contributed by atoms with Gasteiger partial charge >= 0.3 is 25.7 Å². The summed E-state index contributed by atoms with van der Waals surface area (Å²) in [5.74, 6) is -1.46. The summed E-state index contributed by atoms with van der Waals surface area (Å²) < 4.78 is 39.5. The second-order valence-corrected chi connectivity index (χ2v) is 21.2. The van der Waals surface area contributed by atoms with Crippen molar-refractivity contribution in [2.75, 3.05) is 26.4 Å². The SMILES string of the molecule is CC/C=C\C/C=C\C/C=C\CCCCCCCCCC(=O)OCC(COP(=O)(O)OCC(CO)OC(=O)CCCCCCCCCCC)OC(=O)CCCCCCCCCCC/C=C\CCCCCCCC. The van der Waals surface area contributed by atoms with E-state index >= 15 is 0 Å². The molecule has 0 saturated carbocycles. The van der Waals surface area contributed by atoms with Crippen molar-refractivity contribution >= 4 is 25.7 Å². The predicted octanol–water partition coefficient (Wildman–Crippen LogP) is 17.4. The molecule has 0 heterocycles. The van der Waals surface area contributed by atoms with E-state index in [0.717, 1.165) is 89.9 Å². The fourth-order valence-corrected chi connectivity index (χ4v) is 9.03. The first kappa shape index (κ1) is 69.4. The molecule has 0 aromatic carbocycles. The van der Waals surface area contributed by atoms with Gasteiger partial charge in [-0.05, 0) is 77.0 Å². The van der Waals surface area contributed by atoms with Crippen molar-refractivity contribution in [2.24, 2.45) is 0 Å². The summed E-state index contributed by atoms with van der Waals surface area (Å²) in [6.45, 7) is 4.52. The summed E-state index contributed by atoms with van der Waals surface area (Å²) >= 11 is 0. The lowest BCUT2D eigenvalue weighted by Crippen LogP contribution is -2.30. The maximum absolute atomic E-state index is 12.9. The number of phosphoric acid groups is 1. The minimum Gasteiger partial charge on any atom is -0.462 e. The van der Waals surface area contributed by atoms with Crippen LogP contribution in [-0.2, 0) is 42.2 Å². The molecule has 0 radical (unpaired) electrons. The van der Waals surface area contributed by atoms with Crippen LogP contribution in [-0.4, -0.2) is 66.5 Å². The van der Waals surface area contributed by atoms with Crippen molar-refractivity contribution in [3.05, 3.63) is 48.6 Å². The first-order valence-electron chi connectivity index (χ1n) is 29.5. The number of rotatable bonds is 55. The second-order valence-electron chi connectivity index (χ2n) is 19.8. The van der Waals surface area contributed by atoms with E-state index in [2.05, 4.69) is 69.4 Å². The molecule has 11 nitrogen and oxygen atoms in total. The number of esters is 3. The van der Waals surface area contributed by atoms with Crippen molar-refractivity contribution in [3.8, 4) is 0 Å². The molecule has 0 spiro atoms. The van der Waals surface area contributed by atoms with E-state index < -0.39 is 57.8 Å². The first-order valence-corrected chi connectivity index (χ1v) is 31.0. The van der Waals surface area contributed by atoms with Crippen LogP contribution in [0.15, 0.2) is 48.6 Å². The third-order valence-electron chi connectivity index (χ3n) is 12.7. The van der Waals surface area contributed by atoms with Crippen LogP contribution in [0.2, 0.25) is 0 Å². The number of hydrogen-bond acceptors (Lipinski definition) is 10. The lowest BCUT2D eigenvalue weighted by molar-refractivity contribution is -0.161. The van der Waals surface area contributed by atoms with Crippen molar-refractivity contribution in [3.63, 3.8) is 0 Å². The molecule has 0 saturated heterocycles. The number of hydrogen-bond donors (Lipinski definition) is 2. The third kappa shape index (κ3) is 52.3. The second kappa shape index (κ2) is 54.7. The van der Waals surface area contributed by atoms with Crippen molar-refractivity contribution in [1.82, 2.24) is 0 Å². The Morgan fingerprint density at radius 3 is 1.12 bits per heavy atom. The molecule has 0 amide bonds. The van der Waals surface area contributed by atoms with Gasteiger partial charge in [-0.15, -0.1) is 0 Å². The van der Waals surface area contributed by atoms with E-state index in [1.54, 1.807) is 0 Å². The lowest BCUT2D eigenvalue weighted by Gasteiger charge is -2.21. The van der Waals surface area contributed by atoms with Crippen LogP contribution in [0.3, 0.4) is 0 Å². The number of aliphatic hydroxyl groups excluding tert-OH is 1. The maximum Gasteiger partial charge on any atom is 0.472 e. The summed E-state index contributed by atoms with van der Waals surface area (Å²) in [7, 11) is -4.74. The van der Waals surface area contributed by atoms with Gasteiger partial charge in [0.05, 0.1) is 19.8 Å². The average molecular weight is 1040 g/mol. The summed E-state index contributed by atoms with van der Waals surface area (Å²) in [5.41, 5.74) is 0.